The maximum absolute atomic E-state index is 2.53. The van der Waals surface area contributed by atoms with Crippen molar-refractivity contribution in [1.29, 1.82) is 0 Å². The molecule has 1 rings (SSSR count). The minimum absolute atomic E-state index is 0.835. The van der Waals surface area contributed by atoms with Crippen molar-refractivity contribution in [3.8, 4) is 0 Å². The Morgan fingerprint density at radius 1 is 1.18 bits per heavy atom. The topological polar surface area (TPSA) is 3.24 Å². The van der Waals surface area contributed by atoms with Gasteiger partial charge < -0.3 is 0 Å². The lowest BCUT2D eigenvalue weighted by Gasteiger charge is -2.25. The molecule has 66 valence electrons. The van der Waals surface area contributed by atoms with Gasteiger partial charge in [0.05, 0.1) is 0 Å². The second kappa shape index (κ2) is 5.04. The molecular formula is C9H19NS. The third-order valence-corrected chi connectivity index (χ3v) is 3.45. The first-order valence-electron chi connectivity index (χ1n) is 4.67. The highest BCUT2D eigenvalue weighted by molar-refractivity contribution is 7.97. The van der Waals surface area contributed by atoms with Gasteiger partial charge in [0.2, 0.25) is 0 Å². The second-order valence-electron chi connectivity index (χ2n) is 3.68. The van der Waals surface area contributed by atoms with E-state index in [-0.39, 0.29) is 0 Å². The molecule has 0 saturated carbocycles. The van der Waals surface area contributed by atoms with Crippen molar-refractivity contribution in [2.24, 2.45) is 5.92 Å². The van der Waals surface area contributed by atoms with Gasteiger partial charge in [-0.1, -0.05) is 32.2 Å². The van der Waals surface area contributed by atoms with Crippen LogP contribution in [-0.4, -0.2) is 23.1 Å². The summed E-state index contributed by atoms with van der Waals surface area (Å²) in [5.74, 6) is 2.13. The number of hydrogen-bond donors (Lipinski definition) is 0. The summed E-state index contributed by atoms with van der Waals surface area (Å²) in [6, 6.07) is 0. The largest absolute Gasteiger partial charge is 0.251 e. The molecule has 1 aliphatic rings. The van der Waals surface area contributed by atoms with E-state index < -0.39 is 0 Å². The van der Waals surface area contributed by atoms with Crippen LogP contribution < -0.4 is 0 Å². The summed E-state index contributed by atoms with van der Waals surface area (Å²) in [5.41, 5.74) is 0. The highest BCUT2D eigenvalue weighted by Gasteiger charge is 2.10. The average Bonchev–Trinajstić information content (AvgIpc) is 2.03. The van der Waals surface area contributed by atoms with E-state index >= 15 is 0 Å². The summed E-state index contributed by atoms with van der Waals surface area (Å²) in [7, 11) is 0. The molecule has 0 spiro atoms. The summed E-state index contributed by atoms with van der Waals surface area (Å²) in [6.45, 7) is 7.21. The van der Waals surface area contributed by atoms with Crippen LogP contribution in [0.2, 0.25) is 0 Å². The van der Waals surface area contributed by atoms with Gasteiger partial charge >= 0.3 is 0 Å². The quantitative estimate of drug-likeness (QED) is 0.604. The van der Waals surface area contributed by atoms with Gasteiger partial charge in [-0.3, -0.25) is 4.31 Å². The summed E-state index contributed by atoms with van der Waals surface area (Å²) < 4.78 is 2.53. The molecule has 0 bridgehead atoms. The van der Waals surface area contributed by atoms with E-state index in [1.54, 1.807) is 0 Å². The van der Waals surface area contributed by atoms with Gasteiger partial charge in [-0.05, 0) is 18.8 Å². The van der Waals surface area contributed by atoms with Crippen molar-refractivity contribution in [3.05, 3.63) is 0 Å². The molecule has 0 aromatic heterocycles. The number of rotatable bonds is 3. The Kier molecular flexibility index (Phi) is 4.31. The zero-order valence-electron chi connectivity index (χ0n) is 7.68. The normalized spacial score (nSPS) is 21.0. The summed E-state index contributed by atoms with van der Waals surface area (Å²) in [4.78, 5) is 0. The van der Waals surface area contributed by atoms with E-state index in [4.69, 9.17) is 0 Å². The molecular weight excluding hydrogens is 154 g/mol. The smallest absolute Gasteiger partial charge is 0.0104 e. The van der Waals surface area contributed by atoms with Crippen LogP contribution in [0.5, 0.6) is 0 Å². The van der Waals surface area contributed by atoms with E-state index in [9.17, 15) is 0 Å². The fraction of sp³-hybridized carbons (Fsp3) is 1.00. The molecule has 2 heteroatoms. The third kappa shape index (κ3) is 4.02. The van der Waals surface area contributed by atoms with Crippen LogP contribution in [0.25, 0.3) is 0 Å². The van der Waals surface area contributed by atoms with Crippen LogP contribution in [-0.2, 0) is 0 Å². The highest BCUT2D eigenvalue weighted by atomic mass is 32.2. The molecule has 1 saturated heterocycles. The van der Waals surface area contributed by atoms with Crippen LogP contribution in [0, 0.1) is 5.92 Å². The van der Waals surface area contributed by atoms with Gasteiger partial charge in [0.15, 0.2) is 0 Å². The zero-order valence-corrected chi connectivity index (χ0v) is 8.49. The molecule has 0 amide bonds. The van der Waals surface area contributed by atoms with Gasteiger partial charge in [-0.15, -0.1) is 0 Å². The first-order valence-corrected chi connectivity index (χ1v) is 5.61. The minimum Gasteiger partial charge on any atom is -0.251 e. The third-order valence-electron chi connectivity index (χ3n) is 1.91. The SMILES string of the molecule is CC(C)CSN1CCCCC1. The summed E-state index contributed by atoms with van der Waals surface area (Å²) in [5, 5.41) is 0. The van der Waals surface area contributed by atoms with Crippen molar-refractivity contribution in [3.63, 3.8) is 0 Å². The van der Waals surface area contributed by atoms with E-state index in [0.29, 0.717) is 0 Å². The van der Waals surface area contributed by atoms with Gasteiger partial charge in [0.1, 0.15) is 0 Å². The number of piperidine rings is 1. The highest BCUT2D eigenvalue weighted by Crippen LogP contribution is 2.19. The van der Waals surface area contributed by atoms with Crippen LogP contribution >= 0.6 is 11.9 Å². The van der Waals surface area contributed by atoms with Crippen molar-refractivity contribution >= 4 is 11.9 Å². The fourth-order valence-corrected chi connectivity index (χ4v) is 2.27. The first-order chi connectivity index (χ1) is 5.29. The fourth-order valence-electron chi connectivity index (χ4n) is 1.25. The van der Waals surface area contributed by atoms with Crippen LogP contribution in [0.15, 0.2) is 0 Å². The van der Waals surface area contributed by atoms with Crippen molar-refractivity contribution < 1.29 is 0 Å². The van der Waals surface area contributed by atoms with E-state index in [0.717, 1.165) is 5.92 Å². The number of hydrogen-bond acceptors (Lipinski definition) is 2. The lowest BCUT2D eigenvalue weighted by Crippen LogP contribution is -2.23. The number of nitrogens with zero attached hydrogens (tertiary/aromatic N) is 1. The van der Waals surface area contributed by atoms with E-state index in [2.05, 4.69) is 18.2 Å². The maximum atomic E-state index is 2.53. The Hall–Kier alpha value is 0.310. The lowest BCUT2D eigenvalue weighted by molar-refractivity contribution is 0.379. The van der Waals surface area contributed by atoms with Crippen molar-refractivity contribution in [1.82, 2.24) is 4.31 Å². The summed E-state index contributed by atoms with van der Waals surface area (Å²) >= 11 is 2.04. The molecule has 0 atom stereocenters. The first kappa shape index (κ1) is 9.40. The Bertz CT molecular complexity index is 97.7. The lowest BCUT2D eigenvalue weighted by atomic mass is 10.2. The van der Waals surface area contributed by atoms with E-state index in [1.165, 1.54) is 38.1 Å². The van der Waals surface area contributed by atoms with Crippen LogP contribution in [0.3, 0.4) is 0 Å². The van der Waals surface area contributed by atoms with Gasteiger partial charge in [-0.25, -0.2) is 0 Å². The predicted octanol–water partition coefficient (Wildman–Crippen LogP) is 2.78. The molecule has 11 heavy (non-hydrogen) atoms. The van der Waals surface area contributed by atoms with E-state index in [1.807, 2.05) is 11.9 Å². The molecule has 0 aromatic carbocycles. The van der Waals surface area contributed by atoms with Crippen molar-refractivity contribution in [2.45, 2.75) is 33.1 Å². The molecule has 0 aliphatic carbocycles. The van der Waals surface area contributed by atoms with Gasteiger partial charge in [0, 0.05) is 18.8 Å². The average molecular weight is 173 g/mol. The Morgan fingerprint density at radius 2 is 1.82 bits per heavy atom. The molecule has 1 heterocycles. The molecule has 1 aliphatic heterocycles. The van der Waals surface area contributed by atoms with Gasteiger partial charge in [0.25, 0.3) is 0 Å². The predicted molar refractivity (Wildman–Crippen MR) is 52.7 cm³/mol. The summed E-state index contributed by atoms with van der Waals surface area (Å²) in [6.07, 6.45) is 4.26. The molecule has 0 radical (unpaired) electrons. The monoisotopic (exact) mass is 173 g/mol. The standard InChI is InChI=1S/C9H19NS/c1-9(2)8-11-10-6-4-3-5-7-10/h9H,3-8H2,1-2H3. The molecule has 0 unspecified atom stereocenters. The van der Waals surface area contributed by atoms with Crippen LogP contribution in [0.1, 0.15) is 33.1 Å². The van der Waals surface area contributed by atoms with Crippen LogP contribution in [0.4, 0.5) is 0 Å². The second-order valence-corrected chi connectivity index (χ2v) is 4.79. The maximum Gasteiger partial charge on any atom is 0.0104 e. The Labute approximate surface area is 74.7 Å². The molecule has 1 nitrogen and oxygen atoms in total. The molecule has 0 N–H and O–H groups in total. The van der Waals surface area contributed by atoms with Gasteiger partial charge in [-0.2, -0.15) is 0 Å². The van der Waals surface area contributed by atoms with Crippen molar-refractivity contribution in [2.75, 3.05) is 18.8 Å². The Morgan fingerprint density at radius 3 is 2.36 bits per heavy atom. The zero-order chi connectivity index (χ0) is 8.10. The molecule has 1 fully saturated rings. The minimum atomic E-state index is 0.835. The Balaban J connectivity index is 2.05. The molecule has 0 aromatic rings.